The Morgan fingerprint density at radius 2 is 1.93 bits per heavy atom. The van der Waals surface area contributed by atoms with E-state index in [0.717, 1.165) is 12.6 Å². The van der Waals surface area contributed by atoms with Crippen molar-refractivity contribution < 1.29 is 23.8 Å². The fourth-order valence-electron chi connectivity index (χ4n) is 3.53. The van der Waals surface area contributed by atoms with Gasteiger partial charge in [-0.1, -0.05) is 0 Å². The molecule has 1 N–H and O–H groups in total. The first-order valence-electron chi connectivity index (χ1n) is 9.52. The van der Waals surface area contributed by atoms with Crippen LogP contribution in [0.15, 0.2) is 48.3 Å². The number of methoxy groups -OCH3 is 1. The highest BCUT2D eigenvalue weighted by Gasteiger charge is 2.45. The number of aliphatic hydroxyl groups is 1. The smallest absolute Gasteiger partial charge is 0.295 e. The molecule has 1 atom stereocenters. The number of pyridine rings is 1. The monoisotopic (exact) mass is 413 g/mol. The SMILES string of the molecule is COc1ccc(/C(O)=C2\C(=O)C(=O)N(CCCN(C)C)C2c2ccncc2)cc1F. The van der Waals surface area contributed by atoms with E-state index in [0.29, 0.717) is 18.5 Å². The number of carbonyl (C=O) groups is 2. The van der Waals surface area contributed by atoms with Crippen molar-refractivity contribution in [3.63, 3.8) is 0 Å². The fraction of sp³-hybridized carbons (Fsp3) is 0.318. The Morgan fingerprint density at radius 3 is 2.53 bits per heavy atom. The van der Waals surface area contributed by atoms with Crippen LogP contribution in [0.5, 0.6) is 5.75 Å². The minimum absolute atomic E-state index is 0.0152. The zero-order chi connectivity index (χ0) is 21.8. The van der Waals surface area contributed by atoms with E-state index in [4.69, 9.17) is 4.74 Å². The van der Waals surface area contributed by atoms with Gasteiger partial charge in [0.05, 0.1) is 18.7 Å². The molecule has 158 valence electrons. The number of ether oxygens (including phenoxy) is 1. The number of ketones is 1. The molecule has 1 saturated heterocycles. The maximum absolute atomic E-state index is 14.2. The zero-order valence-corrected chi connectivity index (χ0v) is 17.1. The molecule has 8 heteroatoms. The number of halogens is 1. The van der Waals surface area contributed by atoms with Crippen LogP contribution in [0.3, 0.4) is 0 Å². The van der Waals surface area contributed by atoms with Gasteiger partial charge < -0.3 is 19.6 Å². The van der Waals surface area contributed by atoms with Crippen LogP contribution in [-0.4, -0.2) is 65.9 Å². The third-order valence-corrected chi connectivity index (χ3v) is 4.99. The highest BCUT2D eigenvalue weighted by atomic mass is 19.1. The van der Waals surface area contributed by atoms with Gasteiger partial charge in [0.1, 0.15) is 5.76 Å². The lowest BCUT2D eigenvalue weighted by atomic mass is 9.96. The van der Waals surface area contributed by atoms with Crippen molar-refractivity contribution in [3.05, 3.63) is 65.2 Å². The first-order chi connectivity index (χ1) is 14.3. The number of aromatic nitrogens is 1. The highest BCUT2D eigenvalue weighted by Crippen LogP contribution is 2.39. The molecular weight excluding hydrogens is 389 g/mol. The van der Waals surface area contributed by atoms with E-state index in [1.807, 2.05) is 19.0 Å². The molecule has 3 rings (SSSR count). The summed E-state index contributed by atoms with van der Waals surface area (Å²) in [6.45, 7) is 1.07. The number of hydrogen-bond donors (Lipinski definition) is 1. The number of Topliss-reactive ketones (excluding diaryl/α,β-unsaturated/α-hetero) is 1. The normalized spacial score (nSPS) is 18.3. The molecule has 1 aliphatic rings. The van der Waals surface area contributed by atoms with Crippen LogP contribution in [0.4, 0.5) is 4.39 Å². The van der Waals surface area contributed by atoms with Gasteiger partial charge in [0.2, 0.25) is 0 Å². The van der Waals surface area contributed by atoms with Crippen molar-refractivity contribution in [3.8, 4) is 5.75 Å². The van der Waals surface area contributed by atoms with Gasteiger partial charge in [0, 0.05) is 24.5 Å². The number of carbonyl (C=O) groups excluding carboxylic acids is 2. The molecule has 7 nitrogen and oxygen atoms in total. The molecule has 1 aromatic heterocycles. The molecule has 1 amide bonds. The molecule has 0 spiro atoms. The van der Waals surface area contributed by atoms with E-state index in [1.165, 1.54) is 24.1 Å². The Morgan fingerprint density at radius 1 is 1.23 bits per heavy atom. The average molecular weight is 413 g/mol. The largest absolute Gasteiger partial charge is 0.507 e. The lowest BCUT2D eigenvalue weighted by molar-refractivity contribution is -0.139. The maximum atomic E-state index is 14.2. The van der Waals surface area contributed by atoms with Crippen LogP contribution in [0.25, 0.3) is 5.76 Å². The third-order valence-electron chi connectivity index (χ3n) is 4.99. The van der Waals surface area contributed by atoms with Crippen molar-refractivity contribution in [1.82, 2.24) is 14.8 Å². The van der Waals surface area contributed by atoms with Crippen molar-refractivity contribution in [1.29, 1.82) is 0 Å². The van der Waals surface area contributed by atoms with E-state index in [1.54, 1.807) is 24.5 Å². The Balaban J connectivity index is 2.08. The molecule has 1 aliphatic heterocycles. The number of likely N-dealkylation sites (tertiary alicyclic amines) is 1. The summed E-state index contributed by atoms with van der Waals surface area (Å²) in [7, 11) is 5.18. The van der Waals surface area contributed by atoms with E-state index < -0.39 is 29.3 Å². The van der Waals surface area contributed by atoms with Gasteiger partial charge in [0.15, 0.2) is 11.6 Å². The van der Waals surface area contributed by atoms with Crippen LogP contribution in [0.1, 0.15) is 23.6 Å². The Kier molecular flexibility index (Phi) is 6.47. The summed E-state index contributed by atoms with van der Waals surface area (Å²) in [6.07, 6.45) is 3.77. The average Bonchev–Trinajstić information content (AvgIpc) is 2.98. The first kappa shape index (κ1) is 21.4. The number of aliphatic hydroxyl groups excluding tert-OH is 1. The van der Waals surface area contributed by atoms with Gasteiger partial charge in [-0.3, -0.25) is 14.6 Å². The summed E-state index contributed by atoms with van der Waals surface area (Å²) in [6, 6.07) is 6.49. The Bertz CT molecular complexity index is 976. The molecule has 2 aromatic rings. The van der Waals surface area contributed by atoms with Crippen LogP contribution >= 0.6 is 0 Å². The molecule has 1 unspecified atom stereocenters. The predicted molar refractivity (Wildman–Crippen MR) is 109 cm³/mol. The molecule has 0 bridgehead atoms. The van der Waals surface area contributed by atoms with Gasteiger partial charge >= 0.3 is 0 Å². The number of benzene rings is 1. The van der Waals surface area contributed by atoms with E-state index >= 15 is 0 Å². The second kappa shape index (κ2) is 9.04. The summed E-state index contributed by atoms with van der Waals surface area (Å²) >= 11 is 0. The topological polar surface area (TPSA) is 83.0 Å². The molecule has 2 heterocycles. The predicted octanol–water partition coefficient (Wildman–Crippen LogP) is 2.60. The second-order valence-corrected chi connectivity index (χ2v) is 7.28. The highest BCUT2D eigenvalue weighted by molar-refractivity contribution is 6.46. The number of hydrogen-bond acceptors (Lipinski definition) is 6. The molecule has 0 aliphatic carbocycles. The summed E-state index contributed by atoms with van der Waals surface area (Å²) in [5.74, 6) is -2.57. The number of nitrogens with zero attached hydrogens (tertiary/aromatic N) is 3. The zero-order valence-electron chi connectivity index (χ0n) is 17.1. The molecule has 0 saturated carbocycles. The quantitative estimate of drug-likeness (QED) is 0.427. The van der Waals surface area contributed by atoms with Crippen LogP contribution in [0.2, 0.25) is 0 Å². The van der Waals surface area contributed by atoms with Crippen molar-refractivity contribution >= 4 is 17.4 Å². The number of amides is 1. The standard InChI is InChI=1S/C22H24FN3O4/c1-25(2)11-4-12-26-19(14-7-9-24-10-8-14)18(21(28)22(26)29)20(27)15-5-6-17(30-3)16(23)13-15/h5-10,13,19,27H,4,11-12H2,1-3H3/b20-18+. The van der Waals surface area contributed by atoms with E-state index in [-0.39, 0.29) is 16.9 Å². The van der Waals surface area contributed by atoms with Crippen molar-refractivity contribution in [2.45, 2.75) is 12.5 Å². The molecule has 30 heavy (non-hydrogen) atoms. The summed E-state index contributed by atoms with van der Waals surface area (Å²) in [4.78, 5) is 33.1. The van der Waals surface area contributed by atoms with Crippen LogP contribution in [-0.2, 0) is 9.59 Å². The minimum atomic E-state index is -0.796. The molecule has 1 aromatic carbocycles. The summed E-state index contributed by atoms with van der Waals surface area (Å²) < 4.78 is 19.1. The summed E-state index contributed by atoms with van der Waals surface area (Å²) in [5.41, 5.74) is 0.670. The lowest BCUT2D eigenvalue weighted by Crippen LogP contribution is -2.32. The van der Waals surface area contributed by atoms with Crippen LogP contribution in [0, 0.1) is 5.82 Å². The van der Waals surface area contributed by atoms with Crippen molar-refractivity contribution in [2.24, 2.45) is 0 Å². The fourth-order valence-corrected chi connectivity index (χ4v) is 3.53. The Hall–Kier alpha value is -3.26. The lowest BCUT2D eigenvalue weighted by Gasteiger charge is -2.25. The van der Waals surface area contributed by atoms with Crippen molar-refractivity contribution in [2.75, 3.05) is 34.3 Å². The molecule has 0 radical (unpaired) electrons. The molecular formula is C22H24FN3O4. The van der Waals surface area contributed by atoms with Gasteiger partial charge in [-0.05, 0) is 63.0 Å². The van der Waals surface area contributed by atoms with Gasteiger partial charge in [-0.2, -0.15) is 0 Å². The van der Waals surface area contributed by atoms with Gasteiger partial charge in [0.25, 0.3) is 11.7 Å². The van der Waals surface area contributed by atoms with Crippen LogP contribution < -0.4 is 4.74 Å². The Labute approximate surface area is 174 Å². The summed E-state index contributed by atoms with van der Waals surface area (Å²) in [5, 5.41) is 10.9. The van der Waals surface area contributed by atoms with E-state index in [2.05, 4.69) is 4.98 Å². The third kappa shape index (κ3) is 4.18. The van der Waals surface area contributed by atoms with E-state index in [9.17, 15) is 19.1 Å². The van der Waals surface area contributed by atoms with Gasteiger partial charge in [-0.15, -0.1) is 0 Å². The molecule has 1 fully saturated rings. The second-order valence-electron chi connectivity index (χ2n) is 7.28. The number of rotatable bonds is 7. The van der Waals surface area contributed by atoms with Gasteiger partial charge in [-0.25, -0.2) is 4.39 Å². The maximum Gasteiger partial charge on any atom is 0.295 e. The first-order valence-corrected chi connectivity index (χ1v) is 9.52. The minimum Gasteiger partial charge on any atom is -0.507 e.